The Bertz CT molecular complexity index is 717. The summed E-state index contributed by atoms with van der Waals surface area (Å²) in [6.45, 7) is -0.0358. The van der Waals surface area contributed by atoms with Crippen LogP contribution in [0.2, 0.25) is 0 Å². The second kappa shape index (κ2) is 7.81. The molecule has 0 N–H and O–H groups in total. The minimum Gasteiger partial charge on any atom is -0.463 e. The van der Waals surface area contributed by atoms with Crippen LogP contribution in [0.15, 0.2) is 40.8 Å². The summed E-state index contributed by atoms with van der Waals surface area (Å²) in [5.41, 5.74) is 1.71. The number of hydrogen-bond acceptors (Lipinski definition) is 7. The van der Waals surface area contributed by atoms with Crippen LogP contribution in [0.3, 0.4) is 0 Å². The topological polar surface area (TPSA) is 65.7 Å². The first-order chi connectivity index (χ1) is 11.7. The van der Waals surface area contributed by atoms with Crippen LogP contribution >= 0.6 is 23.5 Å². The largest absolute Gasteiger partial charge is 0.463 e. The van der Waals surface area contributed by atoms with Gasteiger partial charge in [-0.1, -0.05) is 12.1 Å². The lowest BCUT2D eigenvalue weighted by Gasteiger charge is -2.09. The highest BCUT2D eigenvalue weighted by molar-refractivity contribution is 8.19. The van der Waals surface area contributed by atoms with E-state index in [1.54, 1.807) is 18.2 Å². The van der Waals surface area contributed by atoms with E-state index in [9.17, 15) is 9.59 Å². The summed E-state index contributed by atoms with van der Waals surface area (Å²) < 4.78 is 15.5. The third kappa shape index (κ3) is 3.96. The lowest BCUT2D eigenvalue weighted by atomic mass is 10.1. The molecule has 3 rings (SSSR count). The summed E-state index contributed by atoms with van der Waals surface area (Å²) in [7, 11) is 1.27. The molecule has 0 aliphatic carbocycles. The molecule has 0 saturated carbocycles. The first-order valence-corrected chi connectivity index (χ1v) is 9.44. The first-order valence-electron chi connectivity index (χ1n) is 7.34. The Morgan fingerprint density at radius 2 is 1.79 bits per heavy atom. The Balaban J connectivity index is 1.56. The molecule has 1 saturated heterocycles. The number of ether oxygens (including phenoxy) is 2. The molecule has 0 atom stereocenters. The Morgan fingerprint density at radius 3 is 2.46 bits per heavy atom. The van der Waals surface area contributed by atoms with Gasteiger partial charge in [0.25, 0.3) is 0 Å². The van der Waals surface area contributed by atoms with Crippen molar-refractivity contribution in [2.24, 2.45) is 0 Å². The van der Waals surface area contributed by atoms with Gasteiger partial charge in [-0.2, -0.15) is 0 Å². The molecule has 0 radical (unpaired) electrons. The molecule has 1 aliphatic heterocycles. The van der Waals surface area contributed by atoms with Crippen molar-refractivity contribution < 1.29 is 23.5 Å². The molecule has 24 heavy (non-hydrogen) atoms. The number of carbonyl (C=O) groups excluding carboxylic acids is 2. The van der Waals surface area contributed by atoms with Crippen molar-refractivity contribution in [1.29, 1.82) is 0 Å². The molecule has 0 amide bonds. The fraction of sp³-hybridized carbons (Fsp3) is 0.294. The van der Waals surface area contributed by atoms with Gasteiger partial charge in [-0.25, -0.2) is 9.59 Å². The van der Waals surface area contributed by atoms with E-state index in [0.29, 0.717) is 15.9 Å². The number of hydrogen-bond donors (Lipinski definition) is 0. The Kier molecular flexibility index (Phi) is 5.52. The monoisotopic (exact) mass is 364 g/mol. The van der Waals surface area contributed by atoms with Crippen LogP contribution in [0, 0.1) is 0 Å². The van der Waals surface area contributed by atoms with Crippen molar-refractivity contribution in [1.82, 2.24) is 0 Å². The highest BCUT2D eigenvalue weighted by Crippen LogP contribution is 2.45. The molecule has 1 aromatic carbocycles. The van der Waals surface area contributed by atoms with Crippen molar-refractivity contribution in [3.05, 3.63) is 59.0 Å². The van der Waals surface area contributed by atoms with E-state index in [2.05, 4.69) is 4.74 Å². The number of carbonyl (C=O) groups is 2. The zero-order valence-electron chi connectivity index (χ0n) is 13.0. The number of rotatable bonds is 5. The highest BCUT2D eigenvalue weighted by atomic mass is 32.2. The van der Waals surface area contributed by atoms with Crippen LogP contribution < -0.4 is 0 Å². The predicted octanol–water partition coefficient (Wildman–Crippen LogP) is 3.90. The minimum absolute atomic E-state index is 0.0358. The Hall–Kier alpha value is -1.86. The van der Waals surface area contributed by atoms with E-state index in [1.165, 1.54) is 18.7 Å². The number of thioether (sulfide) groups is 2. The van der Waals surface area contributed by atoms with Crippen molar-refractivity contribution in [3.63, 3.8) is 0 Å². The van der Waals surface area contributed by atoms with Gasteiger partial charge in [0.15, 0.2) is 0 Å². The zero-order chi connectivity index (χ0) is 16.9. The van der Waals surface area contributed by atoms with Gasteiger partial charge in [0, 0.05) is 11.5 Å². The molecule has 126 valence electrons. The molecule has 5 nitrogen and oxygen atoms in total. The van der Waals surface area contributed by atoms with E-state index in [0.717, 1.165) is 11.5 Å². The Morgan fingerprint density at radius 1 is 1.08 bits per heavy atom. The van der Waals surface area contributed by atoms with Gasteiger partial charge < -0.3 is 13.9 Å². The van der Waals surface area contributed by atoms with Crippen molar-refractivity contribution >= 4 is 35.5 Å². The molecule has 7 heteroatoms. The average Bonchev–Trinajstić information content (AvgIpc) is 3.31. The fourth-order valence-electron chi connectivity index (χ4n) is 2.21. The molecule has 1 fully saturated rings. The standard InChI is InChI=1S/C17H16O5S2/c1-20-16(19)14-7-6-13(22-14)10-21-15(18)11-2-4-12(5-3-11)17-23-8-9-24-17/h2-7,17H,8-10H2,1H3. The van der Waals surface area contributed by atoms with E-state index in [-0.39, 0.29) is 12.4 Å². The van der Waals surface area contributed by atoms with Crippen LogP contribution in [0.25, 0.3) is 0 Å². The lowest BCUT2D eigenvalue weighted by Crippen LogP contribution is -2.05. The SMILES string of the molecule is COC(=O)c1ccc(COC(=O)c2ccc(C3SCCS3)cc2)o1. The third-order valence-electron chi connectivity index (χ3n) is 3.43. The van der Waals surface area contributed by atoms with E-state index in [1.807, 2.05) is 35.7 Å². The lowest BCUT2D eigenvalue weighted by molar-refractivity contribution is 0.0438. The van der Waals surface area contributed by atoms with Gasteiger partial charge in [0.2, 0.25) is 5.76 Å². The summed E-state index contributed by atoms with van der Waals surface area (Å²) >= 11 is 3.84. The highest BCUT2D eigenvalue weighted by Gasteiger charge is 2.19. The van der Waals surface area contributed by atoms with E-state index < -0.39 is 11.9 Å². The molecule has 0 unspecified atom stereocenters. The fourth-order valence-corrected chi connectivity index (χ4v) is 5.07. The maximum atomic E-state index is 12.1. The first kappa shape index (κ1) is 17.0. The molecule has 1 aromatic heterocycles. The van der Waals surface area contributed by atoms with Gasteiger partial charge in [-0.15, -0.1) is 23.5 Å². The van der Waals surface area contributed by atoms with E-state index >= 15 is 0 Å². The van der Waals surface area contributed by atoms with Crippen molar-refractivity contribution in [2.75, 3.05) is 18.6 Å². The number of methoxy groups -OCH3 is 1. The zero-order valence-corrected chi connectivity index (χ0v) is 14.7. The third-order valence-corrected chi connectivity index (χ3v) is 6.54. The van der Waals surface area contributed by atoms with Crippen LogP contribution in [0.4, 0.5) is 0 Å². The maximum absolute atomic E-state index is 12.1. The molecule has 0 spiro atoms. The summed E-state index contributed by atoms with van der Waals surface area (Å²) in [5, 5.41) is 0. The summed E-state index contributed by atoms with van der Waals surface area (Å²) in [4.78, 5) is 23.4. The van der Waals surface area contributed by atoms with E-state index in [4.69, 9.17) is 9.15 Å². The predicted molar refractivity (Wildman–Crippen MR) is 93.3 cm³/mol. The molecular weight excluding hydrogens is 348 g/mol. The summed E-state index contributed by atoms with van der Waals surface area (Å²) in [6, 6.07) is 10.6. The van der Waals surface area contributed by atoms with Crippen LogP contribution in [0.5, 0.6) is 0 Å². The molecule has 2 aromatic rings. The van der Waals surface area contributed by atoms with Crippen molar-refractivity contribution in [2.45, 2.75) is 11.2 Å². The van der Waals surface area contributed by atoms with Gasteiger partial charge >= 0.3 is 11.9 Å². The summed E-state index contributed by atoms with van der Waals surface area (Å²) in [5.74, 6) is 1.81. The molecule has 0 bridgehead atoms. The minimum atomic E-state index is -0.564. The second-order valence-corrected chi connectivity index (χ2v) is 7.75. The molecule has 1 aliphatic rings. The van der Waals surface area contributed by atoms with Crippen LogP contribution in [0.1, 0.15) is 36.8 Å². The van der Waals surface area contributed by atoms with Crippen molar-refractivity contribution in [3.8, 4) is 0 Å². The molecular formula is C17H16O5S2. The van der Waals surface area contributed by atoms with Gasteiger partial charge in [0.1, 0.15) is 12.4 Å². The number of esters is 2. The van der Waals surface area contributed by atoms with Crippen LogP contribution in [-0.4, -0.2) is 30.6 Å². The second-order valence-electron chi connectivity index (χ2n) is 5.03. The average molecular weight is 364 g/mol. The number of furan rings is 1. The van der Waals surface area contributed by atoms with Gasteiger partial charge in [0.05, 0.1) is 17.3 Å². The summed E-state index contributed by atoms with van der Waals surface area (Å²) in [6.07, 6.45) is 0. The van der Waals surface area contributed by atoms with Crippen LogP contribution in [-0.2, 0) is 16.1 Å². The maximum Gasteiger partial charge on any atom is 0.373 e. The number of benzene rings is 1. The quantitative estimate of drug-likeness (QED) is 0.745. The molecule has 2 heterocycles. The van der Waals surface area contributed by atoms with Gasteiger partial charge in [-0.3, -0.25) is 0 Å². The normalized spacial score (nSPS) is 14.5. The smallest absolute Gasteiger partial charge is 0.373 e. The Labute approximate surface area is 148 Å². The van der Waals surface area contributed by atoms with Gasteiger partial charge in [-0.05, 0) is 29.8 Å².